The molecule has 1 heterocycles. The Kier molecular flexibility index (Phi) is 4.10. The Morgan fingerprint density at radius 1 is 1.16 bits per heavy atom. The zero-order valence-corrected chi connectivity index (χ0v) is 11.9. The first-order valence-electron chi connectivity index (χ1n) is 6.41. The lowest BCUT2D eigenvalue weighted by molar-refractivity contribution is 0.285. The lowest BCUT2D eigenvalue weighted by Gasteiger charge is -2.14. The Bertz CT molecular complexity index is 530. The lowest BCUT2D eigenvalue weighted by atomic mass is 10.3. The second-order valence-corrected chi connectivity index (χ2v) is 4.74. The fourth-order valence-corrected chi connectivity index (χ4v) is 2.13. The van der Waals surface area contributed by atoms with Crippen molar-refractivity contribution in [2.45, 2.75) is 33.4 Å². The number of benzene rings is 1. The number of hydrogen-bond acceptors (Lipinski definition) is 3. The number of imidazole rings is 1. The smallest absolute Gasteiger partial charge is 0.147 e. The molecule has 0 atom stereocenters. The lowest BCUT2D eigenvalue weighted by Crippen LogP contribution is -2.10. The summed E-state index contributed by atoms with van der Waals surface area (Å²) in [5, 5.41) is 0. The van der Waals surface area contributed by atoms with Gasteiger partial charge in [-0.05, 0) is 45.0 Å². The molecule has 0 saturated carbocycles. The van der Waals surface area contributed by atoms with Crippen LogP contribution in [-0.4, -0.2) is 16.7 Å². The van der Waals surface area contributed by atoms with Crippen LogP contribution < -0.4 is 9.47 Å². The number of ether oxygens (including phenoxy) is 2. The van der Waals surface area contributed by atoms with Crippen molar-refractivity contribution >= 4 is 0 Å². The highest BCUT2D eigenvalue weighted by Crippen LogP contribution is 2.19. The van der Waals surface area contributed by atoms with Crippen molar-refractivity contribution in [3.05, 3.63) is 42.0 Å². The third-order valence-corrected chi connectivity index (χ3v) is 3.00. The van der Waals surface area contributed by atoms with Gasteiger partial charge in [0.2, 0.25) is 0 Å². The number of aromatic nitrogens is 2. The van der Waals surface area contributed by atoms with Crippen molar-refractivity contribution in [2.75, 3.05) is 7.11 Å². The van der Waals surface area contributed by atoms with Gasteiger partial charge >= 0.3 is 0 Å². The molecule has 0 aliphatic rings. The van der Waals surface area contributed by atoms with Crippen LogP contribution in [0, 0.1) is 6.92 Å². The van der Waals surface area contributed by atoms with Crippen molar-refractivity contribution in [2.24, 2.45) is 0 Å². The number of methoxy groups -OCH3 is 1. The highest BCUT2D eigenvalue weighted by Gasteiger charge is 2.10. The van der Waals surface area contributed by atoms with Crippen molar-refractivity contribution < 1.29 is 9.47 Å². The molecule has 0 fully saturated rings. The molecule has 0 N–H and O–H groups in total. The summed E-state index contributed by atoms with van der Waals surface area (Å²) < 4.78 is 13.1. The predicted molar refractivity (Wildman–Crippen MR) is 74.7 cm³/mol. The van der Waals surface area contributed by atoms with Crippen LogP contribution in [-0.2, 0) is 6.61 Å². The highest BCUT2D eigenvalue weighted by atomic mass is 16.5. The van der Waals surface area contributed by atoms with E-state index >= 15 is 0 Å². The second kappa shape index (κ2) is 5.78. The summed E-state index contributed by atoms with van der Waals surface area (Å²) in [6.07, 6.45) is 1.88. The minimum absolute atomic E-state index is 0.386. The van der Waals surface area contributed by atoms with E-state index in [1.54, 1.807) is 7.11 Å². The fourth-order valence-electron chi connectivity index (χ4n) is 2.13. The molecule has 19 heavy (non-hydrogen) atoms. The van der Waals surface area contributed by atoms with Crippen LogP contribution >= 0.6 is 0 Å². The summed E-state index contributed by atoms with van der Waals surface area (Å²) in [5.41, 5.74) is 1.16. The van der Waals surface area contributed by atoms with E-state index in [1.807, 2.05) is 30.5 Å². The van der Waals surface area contributed by atoms with Crippen LogP contribution in [0.3, 0.4) is 0 Å². The maximum absolute atomic E-state index is 5.76. The molecular formula is C15H20N2O2. The Morgan fingerprint density at radius 3 is 2.37 bits per heavy atom. The Labute approximate surface area is 114 Å². The molecule has 0 aliphatic heterocycles. The van der Waals surface area contributed by atoms with Gasteiger partial charge < -0.3 is 14.0 Å². The topological polar surface area (TPSA) is 36.3 Å². The Morgan fingerprint density at radius 2 is 1.79 bits per heavy atom. The maximum atomic E-state index is 5.76. The summed E-state index contributed by atoms with van der Waals surface area (Å²) in [7, 11) is 1.65. The van der Waals surface area contributed by atoms with Gasteiger partial charge in [-0.15, -0.1) is 0 Å². The summed E-state index contributed by atoms with van der Waals surface area (Å²) in [6, 6.07) is 7.95. The van der Waals surface area contributed by atoms with Crippen molar-refractivity contribution in [3.8, 4) is 11.5 Å². The molecule has 0 aliphatic carbocycles. The van der Waals surface area contributed by atoms with Gasteiger partial charge in [-0.1, -0.05) is 0 Å². The van der Waals surface area contributed by atoms with E-state index in [2.05, 4.69) is 30.3 Å². The van der Waals surface area contributed by atoms with E-state index in [1.165, 1.54) is 0 Å². The maximum Gasteiger partial charge on any atom is 0.147 e. The summed E-state index contributed by atoms with van der Waals surface area (Å²) in [6.45, 7) is 6.82. The molecule has 4 heteroatoms. The number of hydrogen-bond donors (Lipinski definition) is 0. The molecule has 1 aromatic carbocycles. The molecule has 0 spiro atoms. The monoisotopic (exact) mass is 260 g/mol. The molecule has 102 valence electrons. The molecule has 0 unspecified atom stereocenters. The molecule has 0 radical (unpaired) electrons. The standard InChI is InChI=1S/C15H20N2O2/c1-11(2)17-12(3)9-16-15(17)10-19-14-7-5-13(18-4)6-8-14/h5-9,11H,10H2,1-4H3. The number of nitrogens with zero attached hydrogens (tertiary/aromatic N) is 2. The first kappa shape index (κ1) is 13.5. The van der Waals surface area contributed by atoms with Gasteiger partial charge in [-0.3, -0.25) is 0 Å². The van der Waals surface area contributed by atoms with Gasteiger partial charge in [0, 0.05) is 17.9 Å². The van der Waals surface area contributed by atoms with Crippen LogP contribution in [0.5, 0.6) is 11.5 Å². The Hall–Kier alpha value is -1.97. The summed E-state index contributed by atoms with van der Waals surface area (Å²) in [4.78, 5) is 4.40. The van der Waals surface area contributed by atoms with Crippen molar-refractivity contribution in [1.82, 2.24) is 9.55 Å². The molecule has 2 rings (SSSR count). The minimum Gasteiger partial charge on any atom is -0.497 e. The third-order valence-electron chi connectivity index (χ3n) is 3.00. The molecule has 0 saturated heterocycles. The van der Waals surface area contributed by atoms with Gasteiger partial charge in [0.15, 0.2) is 0 Å². The second-order valence-electron chi connectivity index (χ2n) is 4.74. The largest absolute Gasteiger partial charge is 0.497 e. The van der Waals surface area contributed by atoms with Crippen molar-refractivity contribution in [3.63, 3.8) is 0 Å². The Balaban J connectivity index is 2.05. The summed E-state index contributed by atoms with van der Waals surface area (Å²) >= 11 is 0. The van der Waals surface area contributed by atoms with E-state index < -0.39 is 0 Å². The average molecular weight is 260 g/mol. The van der Waals surface area contributed by atoms with E-state index in [0.29, 0.717) is 12.6 Å². The molecule has 1 aromatic heterocycles. The highest BCUT2D eigenvalue weighted by molar-refractivity contribution is 5.31. The van der Waals surface area contributed by atoms with Crippen LogP contribution in [0.4, 0.5) is 0 Å². The molecule has 0 bridgehead atoms. The predicted octanol–water partition coefficient (Wildman–Crippen LogP) is 3.36. The number of rotatable bonds is 5. The normalized spacial score (nSPS) is 10.8. The van der Waals surface area contributed by atoms with Gasteiger partial charge in [0.25, 0.3) is 0 Å². The summed E-state index contributed by atoms with van der Waals surface area (Å²) in [5.74, 6) is 2.59. The van der Waals surface area contributed by atoms with E-state index in [-0.39, 0.29) is 0 Å². The molecule has 4 nitrogen and oxygen atoms in total. The zero-order valence-electron chi connectivity index (χ0n) is 11.9. The first-order valence-corrected chi connectivity index (χ1v) is 6.41. The van der Waals surface area contributed by atoms with Gasteiger partial charge in [-0.25, -0.2) is 4.98 Å². The van der Waals surface area contributed by atoms with Crippen LogP contribution in [0.1, 0.15) is 31.4 Å². The van der Waals surface area contributed by atoms with Gasteiger partial charge in [0.05, 0.1) is 7.11 Å². The number of aryl methyl sites for hydroxylation is 1. The average Bonchev–Trinajstić information content (AvgIpc) is 2.78. The van der Waals surface area contributed by atoms with Gasteiger partial charge in [-0.2, -0.15) is 0 Å². The van der Waals surface area contributed by atoms with Crippen LogP contribution in [0.25, 0.3) is 0 Å². The fraction of sp³-hybridized carbons (Fsp3) is 0.400. The van der Waals surface area contributed by atoms with E-state index in [4.69, 9.17) is 9.47 Å². The first-order chi connectivity index (χ1) is 9.11. The SMILES string of the molecule is COc1ccc(OCc2ncc(C)n2C(C)C)cc1. The van der Waals surface area contributed by atoms with Gasteiger partial charge in [0.1, 0.15) is 23.9 Å². The van der Waals surface area contributed by atoms with Crippen molar-refractivity contribution in [1.29, 1.82) is 0 Å². The molecule has 2 aromatic rings. The molecule has 0 amide bonds. The quantitative estimate of drug-likeness (QED) is 0.827. The molecular weight excluding hydrogens is 240 g/mol. The van der Waals surface area contributed by atoms with Crippen LogP contribution in [0.2, 0.25) is 0 Å². The third kappa shape index (κ3) is 3.08. The zero-order chi connectivity index (χ0) is 13.8. The van der Waals surface area contributed by atoms with E-state index in [9.17, 15) is 0 Å². The minimum atomic E-state index is 0.386. The van der Waals surface area contributed by atoms with E-state index in [0.717, 1.165) is 23.0 Å². The van der Waals surface area contributed by atoms with Crippen LogP contribution in [0.15, 0.2) is 30.5 Å².